The highest BCUT2D eigenvalue weighted by molar-refractivity contribution is 5.81. The fraction of sp³-hybridized carbons (Fsp3) is 0.875. The van der Waals surface area contributed by atoms with Crippen LogP contribution in [0, 0.1) is 0 Å². The summed E-state index contributed by atoms with van der Waals surface area (Å²) in [6, 6.07) is -0.0959. The Labute approximate surface area is 139 Å². The molecule has 23 heavy (non-hydrogen) atoms. The van der Waals surface area contributed by atoms with E-state index in [0.29, 0.717) is 19.6 Å². The number of carbonyl (C=O) groups is 2. The van der Waals surface area contributed by atoms with Crippen LogP contribution in [-0.2, 0) is 4.79 Å². The Morgan fingerprint density at radius 1 is 0.913 bits per heavy atom. The van der Waals surface area contributed by atoms with Crippen LogP contribution in [0.3, 0.4) is 0 Å². The van der Waals surface area contributed by atoms with Crippen molar-refractivity contribution < 1.29 is 9.59 Å². The number of nitrogens with zero attached hydrogens (tertiary/aromatic N) is 4. The van der Waals surface area contributed by atoms with E-state index in [2.05, 4.69) is 22.0 Å². The van der Waals surface area contributed by atoms with Crippen molar-refractivity contribution in [1.82, 2.24) is 24.9 Å². The average molecular weight is 325 g/mol. The number of urea groups is 1. The number of likely N-dealkylation sites (N-methyl/N-ethyl adjacent to an activating group) is 1. The topological polar surface area (TPSA) is 59.1 Å². The van der Waals surface area contributed by atoms with Crippen LogP contribution in [0.25, 0.3) is 0 Å². The average Bonchev–Trinajstić information content (AvgIpc) is 2.61. The Morgan fingerprint density at radius 2 is 1.48 bits per heavy atom. The van der Waals surface area contributed by atoms with Crippen LogP contribution in [0.2, 0.25) is 0 Å². The van der Waals surface area contributed by atoms with Gasteiger partial charge in [0.2, 0.25) is 5.91 Å². The van der Waals surface area contributed by atoms with E-state index in [1.807, 2.05) is 23.6 Å². The van der Waals surface area contributed by atoms with E-state index < -0.39 is 0 Å². The number of amides is 3. The van der Waals surface area contributed by atoms with Crippen LogP contribution in [0.5, 0.6) is 0 Å². The molecule has 0 spiro atoms. The van der Waals surface area contributed by atoms with Crippen molar-refractivity contribution in [2.24, 2.45) is 0 Å². The van der Waals surface area contributed by atoms with E-state index in [0.717, 1.165) is 45.8 Å². The predicted molar refractivity (Wildman–Crippen MR) is 90.4 cm³/mol. The van der Waals surface area contributed by atoms with Gasteiger partial charge in [0.05, 0.1) is 6.04 Å². The van der Waals surface area contributed by atoms with Gasteiger partial charge in [-0.2, -0.15) is 0 Å². The van der Waals surface area contributed by atoms with E-state index in [9.17, 15) is 9.59 Å². The molecule has 0 aromatic heterocycles. The van der Waals surface area contributed by atoms with Gasteiger partial charge in [0, 0.05) is 58.9 Å². The van der Waals surface area contributed by atoms with Crippen molar-refractivity contribution in [2.45, 2.75) is 26.8 Å². The van der Waals surface area contributed by atoms with Crippen LogP contribution in [0.4, 0.5) is 4.79 Å². The van der Waals surface area contributed by atoms with Gasteiger partial charge in [-0.05, 0) is 20.4 Å². The van der Waals surface area contributed by atoms with Crippen molar-refractivity contribution >= 4 is 11.9 Å². The molecule has 0 radical (unpaired) electrons. The summed E-state index contributed by atoms with van der Waals surface area (Å²) in [4.78, 5) is 32.9. The molecule has 3 amide bonds. The molecule has 7 heteroatoms. The molecule has 2 saturated heterocycles. The molecule has 2 rings (SSSR count). The molecule has 7 nitrogen and oxygen atoms in total. The van der Waals surface area contributed by atoms with Gasteiger partial charge >= 0.3 is 6.03 Å². The van der Waals surface area contributed by atoms with Crippen LogP contribution in [-0.4, -0.2) is 103 Å². The minimum atomic E-state index is -0.0976. The summed E-state index contributed by atoms with van der Waals surface area (Å²) in [6.45, 7) is 14.3. The maximum absolute atomic E-state index is 12.7. The Morgan fingerprint density at radius 3 is 2.00 bits per heavy atom. The summed E-state index contributed by atoms with van der Waals surface area (Å²) in [5.74, 6) is 0.229. The molecule has 0 aromatic carbocycles. The lowest BCUT2D eigenvalue weighted by Gasteiger charge is -2.40. The van der Waals surface area contributed by atoms with Gasteiger partial charge in [0.25, 0.3) is 0 Å². The summed E-state index contributed by atoms with van der Waals surface area (Å²) in [5.41, 5.74) is 0. The van der Waals surface area contributed by atoms with Crippen molar-refractivity contribution in [3.05, 3.63) is 0 Å². The molecular weight excluding hydrogens is 294 g/mol. The molecule has 2 heterocycles. The normalized spacial score (nSPS) is 22.0. The van der Waals surface area contributed by atoms with Crippen molar-refractivity contribution in [3.63, 3.8) is 0 Å². The Balaban J connectivity index is 1.79. The fourth-order valence-electron chi connectivity index (χ4n) is 3.28. The van der Waals surface area contributed by atoms with Gasteiger partial charge in [0.15, 0.2) is 0 Å². The number of carbonyl (C=O) groups excluding carboxylic acids is 2. The van der Waals surface area contributed by atoms with E-state index in [-0.39, 0.29) is 18.0 Å². The predicted octanol–water partition coefficient (Wildman–Crippen LogP) is -0.114. The van der Waals surface area contributed by atoms with Gasteiger partial charge in [-0.15, -0.1) is 0 Å². The minimum absolute atomic E-state index is 0.00168. The lowest BCUT2D eigenvalue weighted by molar-refractivity contribution is -0.138. The molecule has 0 aromatic rings. The molecule has 0 bridgehead atoms. The second-order valence-electron chi connectivity index (χ2n) is 6.29. The Bertz CT molecular complexity index is 401. The minimum Gasteiger partial charge on any atom is -0.339 e. The number of nitrogens with one attached hydrogen (secondary N) is 1. The number of hydrogen-bond donors (Lipinski definition) is 1. The third-order valence-electron chi connectivity index (χ3n) is 4.97. The second-order valence-corrected chi connectivity index (χ2v) is 6.29. The number of hydrogen-bond acceptors (Lipinski definition) is 4. The third kappa shape index (κ3) is 4.57. The lowest BCUT2D eigenvalue weighted by atomic mass is 10.2. The van der Waals surface area contributed by atoms with E-state index in [1.165, 1.54) is 0 Å². The van der Waals surface area contributed by atoms with Gasteiger partial charge in [-0.25, -0.2) is 4.79 Å². The monoisotopic (exact) mass is 325 g/mol. The van der Waals surface area contributed by atoms with Crippen LogP contribution >= 0.6 is 0 Å². The maximum atomic E-state index is 12.7. The first-order valence-corrected chi connectivity index (χ1v) is 8.84. The van der Waals surface area contributed by atoms with E-state index in [4.69, 9.17) is 0 Å². The first kappa shape index (κ1) is 18.0. The molecular formula is C16H31N5O2. The number of piperazine rings is 2. The SMILES string of the molecule is CCNC(=O)N1CCN(C(C)C(=O)N2CCN(CC)CC2)CC1. The van der Waals surface area contributed by atoms with Crippen LogP contribution in [0.15, 0.2) is 0 Å². The zero-order chi connectivity index (χ0) is 16.8. The van der Waals surface area contributed by atoms with Gasteiger partial charge in [-0.1, -0.05) is 6.92 Å². The van der Waals surface area contributed by atoms with E-state index >= 15 is 0 Å². The molecule has 2 aliphatic rings. The quantitative estimate of drug-likeness (QED) is 0.783. The van der Waals surface area contributed by atoms with Crippen molar-refractivity contribution in [2.75, 3.05) is 65.4 Å². The third-order valence-corrected chi connectivity index (χ3v) is 4.97. The Hall–Kier alpha value is -1.34. The van der Waals surface area contributed by atoms with Crippen LogP contribution < -0.4 is 5.32 Å². The maximum Gasteiger partial charge on any atom is 0.317 e. The molecule has 1 atom stereocenters. The molecule has 0 saturated carbocycles. The van der Waals surface area contributed by atoms with Crippen molar-refractivity contribution in [1.29, 1.82) is 0 Å². The zero-order valence-corrected chi connectivity index (χ0v) is 14.8. The summed E-state index contributed by atoms with van der Waals surface area (Å²) in [5, 5.41) is 2.83. The summed E-state index contributed by atoms with van der Waals surface area (Å²) >= 11 is 0. The first-order valence-electron chi connectivity index (χ1n) is 8.84. The van der Waals surface area contributed by atoms with Crippen LogP contribution in [0.1, 0.15) is 20.8 Å². The highest BCUT2D eigenvalue weighted by atomic mass is 16.2. The number of rotatable bonds is 4. The standard InChI is InChI=1S/C16H31N5O2/c1-4-17-16(23)21-12-10-19(11-13-21)14(3)15(22)20-8-6-18(5-2)7-9-20/h14H,4-13H2,1-3H3,(H,17,23). The molecule has 2 aliphatic heterocycles. The second kappa shape index (κ2) is 8.49. The summed E-state index contributed by atoms with van der Waals surface area (Å²) < 4.78 is 0. The highest BCUT2D eigenvalue weighted by Gasteiger charge is 2.31. The van der Waals surface area contributed by atoms with E-state index in [1.54, 1.807) is 0 Å². The van der Waals surface area contributed by atoms with Gasteiger partial charge < -0.3 is 20.0 Å². The summed E-state index contributed by atoms with van der Waals surface area (Å²) in [6.07, 6.45) is 0. The Kier molecular flexibility index (Phi) is 6.65. The first-order chi connectivity index (χ1) is 11.1. The van der Waals surface area contributed by atoms with Gasteiger partial charge in [0.1, 0.15) is 0 Å². The summed E-state index contributed by atoms with van der Waals surface area (Å²) in [7, 11) is 0. The molecule has 0 aliphatic carbocycles. The zero-order valence-electron chi connectivity index (χ0n) is 14.8. The lowest BCUT2D eigenvalue weighted by Crippen LogP contribution is -2.58. The van der Waals surface area contributed by atoms with Gasteiger partial charge in [-0.3, -0.25) is 9.69 Å². The smallest absolute Gasteiger partial charge is 0.317 e. The van der Waals surface area contributed by atoms with Crippen molar-refractivity contribution in [3.8, 4) is 0 Å². The highest BCUT2D eigenvalue weighted by Crippen LogP contribution is 2.11. The largest absolute Gasteiger partial charge is 0.339 e. The fourth-order valence-corrected chi connectivity index (χ4v) is 3.28. The molecule has 1 N–H and O–H groups in total. The molecule has 2 fully saturated rings. The molecule has 1 unspecified atom stereocenters. The molecule has 132 valence electrons.